The van der Waals surface area contributed by atoms with Crippen molar-refractivity contribution in [3.05, 3.63) is 24.3 Å². The minimum absolute atomic E-state index is 0.122. The second kappa shape index (κ2) is 6.49. The predicted octanol–water partition coefficient (Wildman–Crippen LogP) is 2.02. The van der Waals surface area contributed by atoms with Crippen molar-refractivity contribution in [3.8, 4) is 5.75 Å². The Hall–Kier alpha value is -1.81. The lowest BCUT2D eigenvalue weighted by atomic mass is 10.2. The van der Waals surface area contributed by atoms with Gasteiger partial charge in [-0.2, -0.15) is 4.31 Å². The van der Waals surface area contributed by atoms with Gasteiger partial charge in [0.15, 0.2) is 0 Å². The number of benzene rings is 1. The van der Waals surface area contributed by atoms with E-state index >= 15 is 0 Å². The van der Waals surface area contributed by atoms with Crippen LogP contribution < -0.4 is 10.1 Å². The molecule has 0 unspecified atom stereocenters. The Morgan fingerprint density at radius 1 is 1.16 bits per heavy atom. The Kier molecular flexibility index (Phi) is 4.67. The molecule has 0 radical (unpaired) electrons. The van der Waals surface area contributed by atoms with Gasteiger partial charge in [0.05, 0.1) is 4.90 Å². The van der Waals surface area contributed by atoms with Crippen LogP contribution in [0.5, 0.6) is 5.75 Å². The Balaban J connectivity index is 1.76. The number of hydrogen-bond acceptors (Lipinski definition) is 4. The summed E-state index contributed by atoms with van der Waals surface area (Å²) in [6, 6.07) is 3.31. The minimum atomic E-state index is -4.85. The number of carbonyl (C=O) groups is 1. The van der Waals surface area contributed by atoms with Crippen LogP contribution in [0.4, 0.5) is 13.2 Å². The zero-order valence-corrected chi connectivity index (χ0v) is 13.9. The largest absolute Gasteiger partial charge is 0.573 e. The minimum Gasteiger partial charge on any atom is -0.406 e. The third kappa shape index (κ3) is 4.24. The lowest BCUT2D eigenvalue weighted by Crippen LogP contribution is -2.46. The lowest BCUT2D eigenvalue weighted by molar-refractivity contribution is -0.274. The van der Waals surface area contributed by atoms with Gasteiger partial charge < -0.3 is 10.1 Å². The van der Waals surface area contributed by atoms with Gasteiger partial charge in [-0.15, -0.1) is 13.2 Å². The molecule has 1 aliphatic carbocycles. The van der Waals surface area contributed by atoms with E-state index in [1.165, 1.54) is 0 Å². The van der Waals surface area contributed by atoms with Crippen LogP contribution in [0.15, 0.2) is 29.2 Å². The first-order valence-corrected chi connectivity index (χ1v) is 9.29. The van der Waals surface area contributed by atoms with Gasteiger partial charge in [-0.3, -0.25) is 4.79 Å². The summed E-state index contributed by atoms with van der Waals surface area (Å²) in [5, 5.41) is 2.79. The molecule has 0 aromatic heterocycles. The Morgan fingerprint density at radius 3 is 2.36 bits per heavy atom. The van der Waals surface area contributed by atoms with Crippen molar-refractivity contribution < 1.29 is 31.1 Å². The number of halogens is 3. The van der Waals surface area contributed by atoms with E-state index in [0.29, 0.717) is 12.8 Å². The van der Waals surface area contributed by atoms with Crippen molar-refractivity contribution in [1.82, 2.24) is 9.62 Å². The maximum absolute atomic E-state index is 12.7. The monoisotopic (exact) mass is 378 g/mol. The summed E-state index contributed by atoms with van der Waals surface area (Å²) in [4.78, 5) is 12.1. The van der Waals surface area contributed by atoms with Crippen LogP contribution in [0.3, 0.4) is 0 Å². The molecule has 6 nitrogen and oxygen atoms in total. The average Bonchev–Trinajstić information content (AvgIpc) is 3.17. The molecular weight excluding hydrogens is 361 g/mol. The highest BCUT2D eigenvalue weighted by Crippen LogP contribution is 2.29. The van der Waals surface area contributed by atoms with Gasteiger partial charge in [0.2, 0.25) is 15.9 Å². The third-order valence-corrected chi connectivity index (χ3v) is 6.02. The summed E-state index contributed by atoms with van der Waals surface area (Å²) >= 11 is 0. The Morgan fingerprint density at radius 2 is 1.80 bits per heavy atom. The van der Waals surface area contributed by atoms with Crippen molar-refractivity contribution in [2.75, 3.05) is 6.54 Å². The molecule has 1 aromatic carbocycles. The Labute approximate surface area is 143 Å². The molecule has 2 aliphatic rings. The molecule has 2 fully saturated rings. The van der Waals surface area contributed by atoms with Gasteiger partial charge in [0, 0.05) is 12.6 Å². The van der Waals surface area contributed by atoms with Crippen LogP contribution in [0.1, 0.15) is 25.7 Å². The first-order valence-electron chi connectivity index (χ1n) is 7.85. The number of ether oxygens (including phenoxy) is 1. The molecule has 1 saturated carbocycles. The van der Waals surface area contributed by atoms with Crippen LogP contribution in [-0.4, -0.2) is 43.6 Å². The fraction of sp³-hybridized carbons (Fsp3) is 0.533. The highest BCUT2D eigenvalue weighted by atomic mass is 32.2. The van der Waals surface area contributed by atoms with Crippen LogP contribution in [0.25, 0.3) is 0 Å². The van der Waals surface area contributed by atoms with E-state index in [1.807, 2.05) is 0 Å². The average molecular weight is 378 g/mol. The summed E-state index contributed by atoms with van der Waals surface area (Å²) in [6.07, 6.45) is -2.08. The summed E-state index contributed by atoms with van der Waals surface area (Å²) in [5.41, 5.74) is 0. The molecule has 1 amide bonds. The van der Waals surface area contributed by atoms with Crippen molar-refractivity contribution in [1.29, 1.82) is 0 Å². The van der Waals surface area contributed by atoms with Crippen molar-refractivity contribution in [2.24, 2.45) is 0 Å². The zero-order chi connectivity index (χ0) is 18.2. The highest BCUT2D eigenvalue weighted by Gasteiger charge is 2.41. The van der Waals surface area contributed by atoms with Crippen molar-refractivity contribution in [2.45, 2.75) is 49.0 Å². The number of amides is 1. The molecule has 0 bridgehead atoms. The normalized spacial score (nSPS) is 22.0. The maximum atomic E-state index is 12.7. The van der Waals surface area contributed by atoms with E-state index in [1.54, 1.807) is 0 Å². The second-order valence-electron chi connectivity index (χ2n) is 6.08. The number of alkyl halides is 3. The molecule has 1 aliphatic heterocycles. The molecule has 1 heterocycles. The molecule has 3 rings (SSSR count). The van der Waals surface area contributed by atoms with Gasteiger partial charge in [0.1, 0.15) is 11.8 Å². The van der Waals surface area contributed by atoms with E-state index in [-0.39, 0.29) is 23.4 Å². The summed E-state index contributed by atoms with van der Waals surface area (Å²) < 4.78 is 66.8. The van der Waals surface area contributed by atoms with Gasteiger partial charge in [0.25, 0.3) is 0 Å². The van der Waals surface area contributed by atoms with E-state index < -0.39 is 28.2 Å². The SMILES string of the molecule is O=C(NC1CC1)[C@@H]1CCCN1S(=O)(=O)c1ccc(OC(F)(F)F)cc1. The fourth-order valence-electron chi connectivity index (χ4n) is 2.76. The Bertz CT molecular complexity index is 745. The summed E-state index contributed by atoms with van der Waals surface area (Å²) in [5.74, 6) is -0.823. The molecule has 10 heteroatoms. The van der Waals surface area contributed by atoms with Crippen molar-refractivity contribution >= 4 is 15.9 Å². The first kappa shape index (κ1) is 18.0. The number of hydrogen-bond donors (Lipinski definition) is 1. The molecule has 1 N–H and O–H groups in total. The molecule has 1 aromatic rings. The molecule has 25 heavy (non-hydrogen) atoms. The topological polar surface area (TPSA) is 75.7 Å². The van der Waals surface area contributed by atoms with Crippen LogP contribution in [-0.2, 0) is 14.8 Å². The molecule has 1 saturated heterocycles. The predicted molar refractivity (Wildman–Crippen MR) is 81.2 cm³/mol. The number of sulfonamides is 1. The fourth-order valence-corrected chi connectivity index (χ4v) is 4.42. The zero-order valence-electron chi connectivity index (χ0n) is 13.1. The number of nitrogens with zero attached hydrogens (tertiary/aromatic N) is 1. The molecular formula is C15H17F3N2O4S. The van der Waals surface area contributed by atoms with Gasteiger partial charge in [-0.05, 0) is 49.9 Å². The lowest BCUT2D eigenvalue weighted by Gasteiger charge is -2.23. The summed E-state index contributed by atoms with van der Waals surface area (Å²) in [7, 11) is -3.97. The third-order valence-electron chi connectivity index (χ3n) is 4.09. The number of carbonyl (C=O) groups excluding carboxylic acids is 1. The second-order valence-corrected chi connectivity index (χ2v) is 7.97. The molecule has 0 spiro atoms. The maximum Gasteiger partial charge on any atom is 0.573 e. The van der Waals surface area contributed by atoms with Gasteiger partial charge in [-0.25, -0.2) is 8.42 Å². The van der Waals surface area contributed by atoms with Crippen LogP contribution in [0, 0.1) is 0 Å². The van der Waals surface area contributed by atoms with E-state index in [4.69, 9.17) is 0 Å². The quantitative estimate of drug-likeness (QED) is 0.851. The summed E-state index contributed by atoms with van der Waals surface area (Å²) in [6.45, 7) is 0.200. The first-order chi connectivity index (χ1) is 11.7. The smallest absolute Gasteiger partial charge is 0.406 e. The van der Waals surface area contributed by atoms with Crippen LogP contribution in [0.2, 0.25) is 0 Å². The van der Waals surface area contributed by atoms with Gasteiger partial charge >= 0.3 is 6.36 Å². The van der Waals surface area contributed by atoms with Gasteiger partial charge in [-0.1, -0.05) is 0 Å². The van der Waals surface area contributed by atoms with E-state index in [9.17, 15) is 26.4 Å². The highest BCUT2D eigenvalue weighted by molar-refractivity contribution is 7.89. The van der Waals surface area contributed by atoms with Crippen LogP contribution >= 0.6 is 0 Å². The van der Waals surface area contributed by atoms with E-state index in [2.05, 4.69) is 10.1 Å². The number of nitrogens with one attached hydrogen (secondary N) is 1. The molecule has 1 atom stereocenters. The van der Waals surface area contributed by atoms with Crippen molar-refractivity contribution in [3.63, 3.8) is 0 Å². The standard InChI is InChI=1S/C15H17F3N2O4S/c16-15(17,18)24-11-5-7-12(8-6-11)25(22,23)20-9-1-2-13(20)14(21)19-10-3-4-10/h5-8,10,13H,1-4,9H2,(H,19,21)/t13-/m0/s1. The molecule has 138 valence electrons. The number of rotatable bonds is 5. The van der Waals surface area contributed by atoms with E-state index in [0.717, 1.165) is 41.4 Å².